The normalized spacial score (nSPS) is 14.7. The van der Waals surface area contributed by atoms with Crippen LogP contribution in [0.1, 0.15) is 17.5 Å². The van der Waals surface area contributed by atoms with Crippen molar-refractivity contribution in [2.75, 3.05) is 0 Å². The van der Waals surface area contributed by atoms with Crippen LogP contribution in [-0.2, 0) is 5.60 Å². The number of hydrogen-bond acceptors (Lipinski definition) is 1. The molecular formula is C19H12BrCl3F4O. The van der Waals surface area contributed by atoms with E-state index in [1.54, 1.807) is 0 Å². The van der Waals surface area contributed by atoms with E-state index in [9.17, 15) is 22.7 Å². The van der Waals surface area contributed by atoms with E-state index in [1.807, 2.05) is 0 Å². The van der Waals surface area contributed by atoms with Gasteiger partial charge >= 0.3 is 6.18 Å². The third-order valence-electron chi connectivity index (χ3n) is 3.86. The van der Waals surface area contributed by atoms with Crippen LogP contribution in [0.2, 0.25) is 15.1 Å². The molecular weight excluding hydrogens is 506 g/mol. The molecule has 0 fully saturated rings. The van der Waals surface area contributed by atoms with Gasteiger partial charge in [-0.3, -0.25) is 0 Å². The second-order valence-electron chi connectivity index (χ2n) is 5.86. The van der Waals surface area contributed by atoms with E-state index in [2.05, 4.69) is 22.5 Å². The van der Waals surface area contributed by atoms with Crippen LogP contribution in [0.3, 0.4) is 0 Å². The minimum absolute atomic E-state index is 0.113. The Balaban J connectivity index is 2.74. The van der Waals surface area contributed by atoms with Crippen LogP contribution < -0.4 is 0 Å². The molecule has 1 unspecified atom stereocenters. The average Bonchev–Trinajstić information content (AvgIpc) is 2.59. The topological polar surface area (TPSA) is 20.2 Å². The monoisotopic (exact) mass is 516 g/mol. The maximum Gasteiger partial charge on any atom is 0.416 e. The van der Waals surface area contributed by atoms with Crippen molar-refractivity contribution in [3.8, 4) is 0 Å². The zero-order valence-corrected chi connectivity index (χ0v) is 17.8. The van der Waals surface area contributed by atoms with Gasteiger partial charge in [-0.2, -0.15) is 13.2 Å². The average molecular weight is 519 g/mol. The first-order valence-electron chi connectivity index (χ1n) is 7.63. The highest BCUT2D eigenvalue weighted by Crippen LogP contribution is 2.42. The summed E-state index contributed by atoms with van der Waals surface area (Å²) in [6.45, 7) is 3.49. The smallest absolute Gasteiger partial charge is 0.381 e. The van der Waals surface area contributed by atoms with Crippen molar-refractivity contribution < 1.29 is 22.7 Å². The highest BCUT2D eigenvalue weighted by molar-refractivity contribution is 9.10. The summed E-state index contributed by atoms with van der Waals surface area (Å²) in [7, 11) is 0. The van der Waals surface area contributed by atoms with E-state index in [0.717, 1.165) is 12.1 Å². The predicted octanol–water partition coefficient (Wildman–Crippen LogP) is 7.96. The van der Waals surface area contributed by atoms with Crippen LogP contribution in [0.5, 0.6) is 0 Å². The molecule has 0 saturated carbocycles. The van der Waals surface area contributed by atoms with Crippen molar-refractivity contribution in [2.24, 2.45) is 0 Å². The molecule has 0 radical (unpaired) electrons. The van der Waals surface area contributed by atoms with E-state index in [4.69, 9.17) is 34.8 Å². The molecule has 0 saturated heterocycles. The Bertz CT molecular complexity index is 920. The minimum atomic E-state index is -4.89. The van der Waals surface area contributed by atoms with Crippen LogP contribution in [0.25, 0.3) is 5.57 Å². The standard InChI is InChI=1S/C19H12BrCl3F4O/c1-2-5-18(28,11-3-4-13(20)14(21)8-11)9-12(19(25,26)27)10-6-15(22)17(24)16(23)7-10/h2-4,6-9,28H,1,5H2. The van der Waals surface area contributed by atoms with E-state index < -0.39 is 38.8 Å². The second kappa shape index (κ2) is 8.76. The van der Waals surface area contributed by atoms with Crippen molar-refractivity contribution in [3.05, 3.63) is 85.5 Å². The maximum atomic E-state index is 13.8. The van der Waals surface area contributed by atoms with Gasteiger partial charge in [0, 0.05) is 10.9 Å². The van der Waals surface area contributed by atoms with Crippen LogP contribution in [-0.4, -0.2) is 11.3 Å². The third kappa shape index (κ3) is 5.10. The van der Waals surface area contributed by atoms with Crippen molar-refractivity contribution in [2.45, 2.75) is 18.2 Å². The largest absolute Gasteiger partial charge is 0.416 e. The molecule has 0 aliphatic heterocycles. The Kier molecular flexibility index (Phi) is 7.27. The lowest BCUT2D eigenvalue weighted by atomic mass is 9.86. The molecule has 9 heteroatoms. The molecule has 2 aromatic rings. The molecule has 150 valence electrons. The number of aliphatic hydroxyl groups is 1. The van der Waals surface area contributed by atoms with Crippen molar-refractivity contribution in [3.63, 3.8) is 0 Å². The number of allylic oxidation sites excluding steroid dienone is 1. The van der Waals surface area contributed by atoms with Crippen molar-refractivity contribution >= 4 is 56.3 Å². The van der Waals surface area contributed by atoms with Gasteiger partial charge in [0.2, 0.25) is 0 Å². The number of alkyl halides is 3. The van der Waals surface area contributed by atoms with Gasteiger partial charge in [-0.05, 0) is 57.4 Å². The second-order valence-corrected chi connectivity index (χ2v) is 7.93. The molecule has 0 aliphatic rings. The third-order valence-corrected chi connectivity index (χ3v) is 5.64. The van der Waals surface area contributed by atoms with Gasteiger partial charge in [0.25, 0.3) is 0 Å². The molecule has 0 amide bonds. The van der Waals surface area contributed by atoms with Crippen LogP contribution in [0.15, 0.2) is 53.5 Å². The molecule has 1 nitrogen and oxygen atoms in total. The number of halogens is 8. The summed E-state index contributed by atoms with van der Waals surface area (Å²) in [5.74, 6) is -1.03. The molecule has 0 bridgehead atoms. The Morgan fingerprint density at radius 2 is 1.64 bits per heavy atom. The first kappa shape index (κ1) is 23.2. The van der Waals surface area contributed by atoms with E-state index >= 15 is 0 Å². The molecule has 2 rings (SSSR count). The van der Waals surface area contributed by atoms with Crippen LogP contribution in [0, 0.1) is 5.82 Å². The lowest BCUT2D eigenvalue weighted by molar-refractivity contribution is -0.0703. The van der Waals surface area contributed by atoms with Crippen LogP contribution >= 0.6 is 50.7 Å². The molecule has 1 N–H and O–H groups in total. The molecule has 0 heterocycles. The lowest BCUT2D eigenvalue weighted by Crippen LogP contribution is -2.25. The Morgan fingerprint density at radius 1 is 1.07 bits per heavy atom. The van der Waals surface area contributed by atoms with E-state index in [-0.39, 0.29) is 17.0 Å². The van der Waals surface area contributed by atoms with Gasteiger partial charge in [0.05, 0.1) is 20.6 Å². The van der Waals surface area contributed by atoms with Gasteiger partial charge in [0.1, 0.15) is 5.60 Å². The first-order valence-corrected chi connectivity index (χ1v) is 9.55. The van der Waals surface area contributed by atoms with Gasteiger partial charge in [-0.1, -0.05) is 46.9 Å². The van der Waals surface area contributed by atoms with E-state index in [0.29, 0.717) is 10.5 Å². The quantitative estimate of drug-likeness (QED) is 0.242. The molecule has 1 atom stereocenters. The Labute approximate surface area is 182 Å². The summed E-state index contributed by atoms with van der Waals surface area (Å²) < 4.78 is 55.5. The molecule has 0 aromatic heterocycles. The number of rotatable bonds is 5. The fourth-order valence-electron chi connectivity index (χ4n) is 2.52. The molecule has 0 aliphatic carbocycles. The minimum Gasteiger partial charge on any atom is -0.381 e. The molecule has 0 spiro atoms. The summed E-state index contributed by atoms with van der Waals surface area (Å²) in [5, 5.41) is 10.1. The number of hydrogen-bond donors (Lipinski definition) is 1. The first-order chi connectivity index (χ1) is 12.9. The summed E-state index contributed by atoms with van der Waals surface area (Å²) >= 11 is 20.5. The Morgan fingerprint density at radius 3 is 2.11 bits per heavy atom. The fourth-order valence-corrected chi connectivity index (χ4v) is 3.44. The van der Waals surface area contributed by atoms with Gasteiger partial charge in [-0.25, -0.2) is 4.39 Å². The predicted molar refractivity (Wildman–Crippen MR) is 108 cm³/mol. The van der Waals surface area contributed by atoms with Crippen molar-refractivity contribution in [1.29, 1.82) is 0 Å². The SMILES string of the molecule is C=CCC(O)(C=C(c1cc(Cl)c(F)c(Cl)c1)C(F)(F)F)c1ccc(Br)c(Cl)c1. The van der Waals surface area contributed by atoms with Gasteiger partial charge in [-0.15, -0.1) is 6.58 Å². The summed E-state index contributed by atoms with van der Waals surface area (Å²) in [4.78, 5) is 0. The highest BCUT2D eigenvalue weighted by atomic mass is 79.9. The maximum absolute atomic E-state index is 13.8. The summed E-state index contributed by atoms with van der Waals surface area (Å²) in [6.07, 6.45) is -3.24. The summed E-state index contributed by atoms with van der Waals surface area (Å²) in [5.41, 5.74) is -3.71. The summed E-state index contributed by atoms with van der Waals surface area (Å²) in [6, 6.07) is 5.85. The Hall–Kier alpha value is -1.05. The number of benzene rings is 2. The van der Waals surface area contributed by atoms with Gasteiger partial charge < -0.3 is 5.11 Å². The van der Waals surface area contributed by atoms with Crippen LogP contribution in [0.4, 0.5) is 17.6 Å². The molecule has 28 heavy (non-hydrogen) atoms. The van der Waals surface area contributed by atoms with Crippen molar-refractivity contribution in [1.82, 2.24) is 0 Å². The fraction of sp³-hybridized carbons (Fsp3) is 0.158. The zero-order valence-electron chi connectivity index (χ0n) is 13.9. The van der Waals surface area contributed by atoms with Gasteiger partial charge in [0.15, 0.2) is 5.82 Å². The van der Waals surface area contributed by atoms with E-state index in [1.165, 1.54) is 24.3 Å². The molecule has 2 aromatic carbocycles. The zero-order chi connectivity index (χ0) is 21.3. The highest BCUT2D eigenvalue weighted by Gasteiger charge is 2.39. The lowest BCUT2D eigenvalue weighted by Gasteiger charge is -2.27.